The van der Waals surface area contributed by atoms with Gasteiger partial charge in [0.1, 0.15) is 5.75 Å². The van der Waals surface area contributed by atoms with Crippen molar-refractivity contribution in [2.75, 3.05) is 13.7 Å². The van der Waals surface area contributed by atoms with E-state index in [1.54, 1.807) is 18.2 Å². The summed E-state index contributed by atoms with van der Waals surface area (Å²) in [5, 5.41) is 2.96. The number of halogens is 4. The van der Waals surface area contributed by atoms with Crippen molar-refractivity contribution in [1.29, 1.82) is 0 Å². The summed E-state index contributed by atoms with van der Waals surface area (Å²) < 4.78 is 43.7. The van der Waals surface area contributed by atoms with E-state index in [1.165, 1.54) is 7.11 Å². The van der Waals surface area contributed by atoms with Gasteiger partial charge in [-0.1, -0.05) is 22.9 Å². The molecular weight excluding hydrogens is 335 g/mol. The van der Waals surface area contributed by atoms with Crippen molar-refractivity contribution in [3.63, 3.8) is 0 Å². The van der Waals surface area contributed by atoms with Crippen LogP contribution in [0, 0.1) is 0 Å². The Morgan fingerprint density at radius 2 is 2.05 bits per heavy atom. The molecule has 0 aliphatic carbocycles. The molecule has 2 nitrogen and oxygen atoms in total. The number of hydrogen-bond donors (Lipinski definition) is 1. The Hall–Kier alpha value is -0.750. The second-order valence-corrected chi connectivity index (χ2v) is 5.49. The van der Waals surface area contributed by atoms with Crippen LogP contribution in [-0.4, -0.2) is 25.9 Å². The highest BCUT2D eigenvalue weighted by Crippen LogP contribution is 2.27. The third-order valence-electron chi connectivity index (χ3n) is 2.88. The maximum absolute atomic E-state index is 12.6. The average molecular weight is 354 g/mol. The van der Waals surface area contributed by atoms with Gasteiger partial charge in [-0.2, -0.15) is 13.2 Å². The quantitative estimate of drug-likeness (QED) is 0.788. The minimum Gasteiger partial charge on any atom is -0.497 e. The fourth-order valence-electron chi connectivity index (χ4n) is 1.94. The number of alkyl halides is 3. The van der Waals surface area contributed by atoms with E-state index in [0.717, 1.165) is 16.5 Å². The van der Waals surface area contributed by atoms with Crippen molar-refractivity contribution in [2.24, 2.45) is 0 Å². The van der Waals surface area contributed by atoms with E-state index in [2.05, 4.69) is 21.2 Å². The van der Waals surface area contributed by atoms with Crippen molar-refractivity contribution >= 4 is 15.9 Å². The number of ether oxygens (including phenoxy) is 1. The first-order chi connectivity index (χ1) is 9.35. The Morgan fingerprint density at radius 1 is 1.35 bits per heavy atom. The molecule has 0 bridgehead atoms. The van der Waals surface area contributed by atoms with Gasteiger partial charge in [0.15, 0.2) is 0 Å². The first kappa shape index (κ1) is 17.3. The van der Waals surface area contributed by atoms with Gasteiger partial charge in [-0.25, -0.2) is 0 Å². The van der Waals surface area contributed by atoms with Crippen LogP contribution < -0.4 is 10.1 Å². The summed E-state index contributed by atoms with van der Waals surface area (Å²) in [6.45, 7) is 2.50. The number of nitrogens with one attached hydrogen (secondary N) is 1. The molecule has 1 atom stereocenters. The van der Waals surface area contributed by atoms with E-state index in [9.17, 15) is 13.2 Å². The van der Waals surface area contributed by atoms with Gasteiger partial charge in [-0.3, -0.25) is 0 Å². The van der Waals surface area contributed by atoms with Gasteiger partial charge < -0.3 is 10.1 Å². The Labute approximate surface area is 125 Å². The minimum absolute atomic E-state index is 0.303. The maximum atomic E-state index is 12.6. The van der Waals surface area contributed by atoms with E-state index in [-0.39, 0.29) is 0 Å². The van der Waals surface area contributed by atoms with Crippen LogP contribution in [0.3, 0.4) is 0 Å². The lowest BCUT2D eigenvalue weighted by Crippen LogP contribution is -2.36. The van der Waals surface area contributed by atoms with E-state index >= 15 is 0 Å². The Bertz CT molecular complexity index is 423. The van der Waals surface area contributed by atoms with Crippen LogP contribution in [0.1, 0.15) is 25.3 Å². The van der Waals surface area contributed by atoms with Crippen LogP contribution in [0.25, 0.3) is 0 Å². The summed E-state index contributed by atoms with van der Waals surface area (Å²) in [6, 6.07) is 4.70. The van der Waals surface area contributed by atoms with Crippen molar-refractivity contribution in [2.45, 2.75) is 38.4 Å². The number of methoxy groups -OCH3 is 1. The van der Waals surface area contributed by atoms with E-state index in [0.29, 0.717) is 18.7 Å². The maximum Gasteiger partial charge on any atom is 0.390 e. The number of hydrogen-bond acceptors (Lipinski definition) is 2. The molecule has 0 aliphatic rings. The second kappa shape index (κ2) is 7.88. The molecule has 1 rings (SSSR count). The van der Waals surface area contributed by atoms with Crippen LogP contribution in [0.5, 0.6) is 5.75 Å². The van der Waals surface area contributed by atoms with E-state index < -0.39 is 18.6 Å². The Kier molecular flexibility index (Phi) is 6.82. The molecule has 0 amide bonds. The van der Waals surface area contributed by atoms with Gasteiger partial charge in [0.2, 0.25) is 0 Å². The highest BCUT2D eigenvalue weighted by atomic mass is 79.9. The molecule has 0 heterocycles. The van der Waals surface area contributed by atoms with Crippen molar-refractivity contribution < 1.29 is 17.9 Å². The van der Waals surface area contributed by atoms with Gasteiger partial charge in [0.25, 0.3) is 0 Å². The largest absolute Gasteiger partial charge is 0.497 e. The molecule has 114 valence electrons. The zero-order valence-electron chi connectivity index (χ0n) is 11.6. The SMILES string of the molecule is CCCNC(Cc1cc(OC)ccc1Br)CC(F)(F)F. The summed E-state index contributed by atoms with van der Waals surface area (Å²) in [5.41, 5.74) is 0.808. The second-order valence-electron chi connectivity index (χ2n) is 4.63. The molecule has 1 N–H and O–H groups in total. The molecule has 0 aliphatic heterocycles. The number of benzene rings is 1. The molecule has 6 heteroatoms. The topological polar surface area (TPSA) is 21.3 Å². The highest BCUT2D eigenvalue weighted by Gasteiger charge is 2.31. The molecule has 1 aromatic carbocycles. The molecule has 1 unspecified atom stereocenters. The fraction of sp³-hybridized carbons (Fsp3) is 0.571. The van der Waals surface area contributed by atoms with Crippen molar-refractivity contribution in [3.05, 3.63) is 28.2 Å². The van der Waals surface area contributed by atoms with Gasteiger partial charge >= 0.3 is 6.18 Å². The molecule has 0 saturated carbocycles. The smallest absolute Gasteiger partial charge is 0.390 e. The van der Waals surface area contributed by atoms with Crippen LogP contribution in [0.2, 0.25) is 0 Å². The number of rotatable bonds is 7. The first-order valence-electron chi connectivity index (χ1n) is 6.48. The zero-order valence-corrected chi connectivity index (χ0v) is 13.1. The molecule has 1 aromatic rings. The van der Waals surface area contributed by atoms with Crippen LogP contribution >= 0.6 is 15.9 Å². The van der Waals surface area contributed by atoms with Gasteiger partial charge in [0.05, 0.1) is 13.5 Å². The third-order valence-corrected chi connectivity index (χ3v) is 3.65. The fourth-order valence-corrected chi connectivity index (χ4v) is 2.35. The molecular formula is C14H19BrF3NO. The summed E-state index contributed by atoms with van der Waals surface area (Å²) in [6.07, 6.45) is -3.90. The van der Waals surface area contributed by atoms with Crippen molar-refractivity contribution in [3.8, 4) is 5.75 Å². The summed E-state index contributed by atoms with van der Waals surface area (Å²) in [4.78, 5) is 0. The van der Waals surface area contributed by atoms with Gasteiger partial charge in [-0.05, 0) is 43.1 Å². The first-order valence-corrected chi connectivity index (χ1v) is 7.27. The molecule has 0 fully saturated rings. The van der Waals surface area contributed by atoms with Crippen molar-refractivity contribution in [1.82, 2.24) is 5.32 Å². The third kappa shape index (κ3) is 6.13. The van der Waals surface area contributed by atoms with E-state index in [4.69, 9.17) is 4.74 Å². The highest BCUT2D eigenvalue weighted by molar-refractivity contribution is 9.10. The monoisotopic (exact) mass is 353 g/mol. The Balaban J connectivity index is 2.82. The van der Waals surface area contributed by atoms with Crippen LogP contribution in [0.4, 0.5) is 13.2 Å². The molecule has 0 radical (unpaired) electrons. The van der Waals surface area contributed by atoms with Gasteiger partial charge in [0, 0.05) is 10.5 Å². The standard InChI is InChI=1S/C14H19BrF3NO/c1-3-6-19-11(9-14(16,17)18)7-10-8-12(20-2)4-5-13(10)15/h4-5,8,11,19H,3,6-7,9H2,1-2H3. The van der Waals surface area contributed by atoms with E-state index in [1.807, 2.05) is 6.92 Å². The molecule has 0 saturated heterocycles. The molecule has 0 aromatic heterocycles. The lowest BCUT2D eigenvalue weighted by Gasteiger charge is -2.21. The van der Waals surface area contributed by atoms with Gasteiger partial charge in [-0.15, -0.1) is 0 Å². The molecule has 20 heavy (non-hydrogen) atoms. The molecule has 0 spiro atoms. The predicted molar refractivity (Wildman–Crippen MR) is 77.2 cm³/mol. The van der Waals surface area contributed by atoms with Crippen LogP contribution in [0.15, 0.2) is 22.7 Å². The average Bonchev–Trinajstić information content (AvgIpc) is 2.36. The summed E-state index contributed by atoms with van der Waals surface area (Å²) in [7, 11) is 1.54. The van der Waals surface area contributed by atoms with Crippen LogP contribution in [-0.2, 0) is 6.42 Å². The lowest BCUT2D eigenvalue weighted by atomic mass is 10.0. The zero-order chi connectivity index (χ0) is 15.2. The Morgan fingerprint density at radius 3 is 2.60 bits per heavy atom. The summed E-state index contributed by atoms with van der Waals surface area (Å²) >= 11 is 3.37. The minimum atomic E-state index is -4.17. The summed E-state index contributed by atoms with van der Waals surface area (Å²) in [5.74, 6) is 0.643. The predicted octanol–water partition coefficient (Wildman–Crippen LogP) is 4.32. The lowest BCUT2D eigenvalue weighted by molar-refractivity contribution is -0.139. The normalized spacial score (nSPS) is 13.3.